The molecule has 1 aromatic carbocycles. The highest BCUT2D eigenvalue weighted by Gasteiger charge is 2.52. The van der Waals surface area contributed by atoms with Crippen molar-refractivity contribution in [1.82, 2.24) is 5.32 Å². The quantitative estimate of drug-likeness (QED) is 0.829. The van der Waals surface area contributed by atoms with Crippen LogP contribution in [0.1, 0.15) is 45.1 Å². The summed E-state index contributed by atoms with van der Waals surface area (Å²) in [5.74, 6) is 1.63. The summed E-state index contributed by atoms with van der Waals surface area (Å²) in [4.78, 5) is 0. The predicted octanol–water partition coefficient (Wildman–Crippen LogP) is 3.76. The molecule has 21 heavy (non-hydrogen) atoms. The molecule has 0 aromatic heterocycles. The Hall–Kier alpha value is -1.22. The third kappa shape index (κ3) is 2.76. The average Bonchev–Trinajstić information content (AvgIpc) is 2.50. The van der Waals surface area contributed by atoms with E-state index < -0.39 is 0 Å². The summed E-state index contributed by atoms with van der Waals surface area (Å²) in [6.07, 6.45) is 5.04. The Labute approximate surface area is 129 Å². The molecule has 0 saturated heterocycles. The van der Waals surface area contributed by atoms with Gasteiger partial charge < -0.3 is 14.8 Å². The zero-order valence-corrected chi connectivity index (χ0v) is 14.1. The minimum atomic E-state index is 0.236. The molecule has 0 unspecified atom stereocenters. The smallest absolute Gasteiger partial charge is 0.161 e. The Morgan fingerprint density at radius 3 is 2.14 bits per heavy atom. The van der Waals surface area contributed by atoms with Gasteiger partial charge in [-0.05, 0) is 43.0 Å². The first kappa shape index (κ1) is 16.2. The molecule has 0 radical (unpaired) electrons. The molecule has 1 aliphatic carbocycles. The van der Waals surface area contributed by atoms with Gasteiger partial charge in [0.15, 0.2) is 11.5 Å². The minimum Gasteiger partial charge on any atom is -0.493 e. The summed E-state index contributed by atoms with van der Waals surface area (Å²) in [6, 6.07) is 6.39. The van der Waals surface area contributed by atoms with E-state index in [1.807, 2.05) is 13.1 Å². The lowest BCUT2D eigenvalue weighted by Gasteiger charge is -2.57. The van der Waals surface area contributed by atoms with Crippen LogP contribution in [0.4, 0.5) is 0 Å². The monoisotopic (exact) mass is 291 g/mol. The molecule has 0 atom stereocenters. The second-order valence-corrected chi connectivity index (χ2v) is 6.44. The summed E-state index contributed by atoms with van der Waals surface area (Å²) in [7, 11) is 5.43. The van der Waals surface area contributed by atoms with E-state index in [9.17, 15) is 0 Å². The largest absolute Gasteiger partial charge is 0.493 e. The molecule has 3 nitrogen and oxygen atoms in total. The Bertz CT molecular complexity index is 472. The molecule has 1 N–H and O–H groups in total. The fourth-order valence-electron chi connectivity index (χ4n) is 4.07. The van der Waals surface area contributed by atoms with Gasteiger partial charge in [-0.25, -0.2) is 0 Å². The molecule has 1 saturated carbocycles. The summed E-state index contributed by atoms with van der Waals surface area (Å²) in [5.41, 5.74) is 2.12. The SMILES string of the molecule is CCC1(CC)CC(CNC)(c2ccc(OC)c(OC)c2)C1. The molecule has 3 heteroatoms. The van der Waals surface area contributed by atoms with Crippen molar-refractivity contribution in [2.75, 3.05) is 27.8 Å². The van der Waals surface area contributed by atoms with E-state index in [1.54, 1.807) is 14.2 Å². The minimum absolute atomic E-state index is 0.236. The van der Waals surface area contributed by atoms with Crippen molar-refractivity contribution in [2.45, 2.75) is 44.9 Å². The van der Waals surface area contributed by atoms with Crippen LogP contribution >= 0.6 is 0 Å². The molecule has 1 aromatic rings. The van der Waals surface area contributed by atoms with Crippen LogP contribution in [0.2, 0.25) is 0 Å². The van der Waals surface area contributed by atoms with Gasteiger partial charge in [-0.15, -0.1) is 0 Å². The molecule has 2 rings (SSSR count). The molecule has 0 spiro atoms. The number of benzene rings is 1. The Morgan fingerprint density at radius 2 is 1.67 bits per heavy atom. The Morgan fingerprint density at radius 1 is 1.05 bits per heavy atom. The van der Waals surface area contributed by atoms with Crippen molar-refractivity contribution < 1.29 is 9.47 Å². The van der Waals surface area contributed by atoms with Gasteiger partial charge in [0.1, 0.15) is 0 Å². The van der Waals surface area contributed by atoms with E-state index in [4.69, 9.17) is 9.47 Å². The number of nitrogens with one attached hydrogen (secondary N) is 1. The van der Waals surface area contributed by atoms with Crippen molar-refractivity contribution >= 4 is 0 Å². The zero-order valence-electron chi connectivity index (χ0n) is 14.1. The Balaban J connectivity index is 2.32. The molecule has 1 fully saturated rings. The normalized spacial score (nSPS) is 18.9. The number of rotatable bonds is 7. The van der Waals surface area contributed by atoms with Gasteiger partial charge in [0, 0.05) is 12.0 Å². The van der Waals surface area contributed by atoms with Crippen molar-refractivity contribution in [3.8, 4) is 11.5 Å². The van der Waals surface area contributed by atoms with Crippen molar-refractivity contribution in [1.29, 1.82) is 0 Å². The summed E-state index contributed by atoms with van der Waals surface area (Å²) < 4.78 is 10.8. The first-order valence-corrected chi connectivity index (χ1v) is 7.96. The van der Waals surface area contributed by atoms with E-state index >= 15 is 0 Å². The third-order valence-corrected chi connectivity index (χ3v) is 5.44. The van der Waals surface area contributed by atoms with Gasteiger partial charge in [-0.3, -0.25) is 0 Å². The fraction of sp³-hybridized carbons (Fsp3) is 0.667. The number of hydrogen-bond acceptors (Lipinski definition) is 3. The number of methoxy groups -OCH3 is 2. The maximum Gasteiger partial charge on any atom is 0.161 e. The van der Waals surface area contributed by atoms with Crippen LogP contribution in [0.3, 0.4) is 0 Å². The van der Waals surface area contributed by atoms with Crippen LogP contribution in [0.5, 0.6) is 11.5 Å². The maximum absolute atomic E-state index is 5.48. The molecule has 0 bridgehead atoms. The lowest BCUT2D eigenvalue weighted by Crippen LogP contribution is -2.54. The van der Waals surface area contributed by atoms with Crippen LogP contribution in [-0.4, -0.2) is 27.8 Å². The summed E-state index contributed by atoms with van der Waals surface area (Å²) >= 11 is 0. The van der Waals surface area contributed by atoms with Gasteiger partial charge in [0.05, 0.1) is 14.2 Å². The van der Waals surface area contributed by atoms with Gasteiger partial charge in [0.25, 0.3) is 0 Å². The maximum atomic E-state index is 5.48. The van der Waals surface area contributed by atoms with Crippen LogP contribution in [0.15, 0.2) is 18.2 Å². The zero-order chi connectivity index (χ0) is 15.5. The highest BCUT2D eigenvalue weighted by molar-refractivity contribution is 5.46. The Kier molecular flexibility index (Phi) is 4.82. The summed E-state index contributed by atoms with van der Waals surface area (Å²) in [6.45, 7) is 5.66. The van der Waals surface area contributed by atoms with Crippen molar-refractivity contribution in [3.05, 3.63) is 23.8 Å². The first-order chi connectivity index (χ1) is 10.1. The molecule has 0 aliphatic heterocycles. The third-order valence-electron chi connectivity index (χ3n) is 5.44. The van der Waals surface area contributed by atoms with E-state index in [0.717, 1.165) is 18.0 Å². The molecule has 0 heterocycles. The molecular formula is C18H29NO2. The van der Waals surface area contributed by atoms with Crippen molar-refractivity contribution in [3.63, 3.8) is 0 Å². The van der Waals surface area contributed by atoms with Crippen molar-refractivity contribution in [2.24, 2.45) is 5.41 Å². The summed E-state index contributed by atoms with van der Waals surface area (Å²) in [5, 5.41) is 3.39. The van der Waals surface area contributed by atoms with E-state index in [2.05, 4.69) is 31.3 Å². The van der Waals surface area contributed by atoms with E-state index in [1.165, 1.54) is 31.2 Å². The topological polar surface area (TPSA) is 30.5 Å². The van der Waals surface area contributed by atoms with E-state index in [0.29, 0.717) is 5.41 Å². The molecule has 1 aliphatic rings. The van der Waals surface area contributed by atoms with Gasteiger partial charge in [-0.1, -0.05) is 32.8 Å². The lowest BCUT2D eigenvalue weighted by molar-refractivity contribution is 0.0139. The highest BCUT2D eigenvalue weighted by atomic mass is 16.5. The van der Waals surface area contributed by atoms with Gasteiger partial charge in [0.2, 0.25) is 0 Å². The first-order valence-electron chi connectivity index (χ1n) is 7.96. The predicted molar refractivity (Wildman–Crippen MR) is 87.4 cm³/mol. The number of hydrogen-bond donors (Lipinski definition) is 1. The average molecular weight is 291 g/mol. The van der Waals surface area contributed by atoms with Gasteiger partial charge >= 0.3 is 0 Å². The van der Waals surface area contributed by atoms with E-state index in [-0.39, 0.29) is 5.41 Å². The van der Waals surface area contributed by atoms with Crippen LogP contribution < -0.4 is 14.8 Å². The molecule has 118 valence electrons. The highest BCUT2D eigenvalue weighted by Crippen LogP contribution is 2.59. The molecular weight excluding hydrogens is 262 g/mol. The second kappa shape index (κ2) is 6.27. The number of likely N-dealkylation sites (N-methyl/N-ethyl adjacent to an activating group) is 1. The van der Waals surface area contributed by atoms with Crippen LogP contribution in [-0.2, 0) is 5.41 Å². The lowest BCUT2D eigenvalue weighted by atomic mass is 9.48. The fourth-order valence-corrected chi connectivity index (χ4v) is 4.07. The second-order valence-electron chi connectivity index (χ2n) is 6.44. The standard InChI is InChI=1S/C18H29NO2/c1-6-17(7-2)11-18(12-17,13-19-3)14-8-9-15(20-4)16(10-14)21-5/h8-10,19H,6-7,11-13H2,1-5H3. The van der Waals surface area contributed by atoms with Crippen LogP contribution in [0.25, 0.3) is 0 Å². The van der Waals surface area contributed by atoms with Crippen LogP contribution in [0, 0.1) is 5.41 Å². The molecule has 0 amide bonds. The van der Waals surface area contributed by atoms with Gasteiger partial charge in [-0.2, -0.15) is 0 Å². The number of ether oxygens (including phenoxy) is 2.